The summed E-state index contributed by atoms with van der Waals surface area (Å²) < 4.78 is 7.80. The second-order valence-corrected chi connectivity index (χ2v) is 8.67. The van der Waals surface area contributed by atoms with Gasteiger partial charge in [-0.05, 0) is 43.2 Å². The quantitative estimate of drug-likeness (QED) is 0.522. The van der Waals surface area contributed by atoms with Crippen LogP contribution in [0.4, 0.5) is 5.69 Å². The number of likely N-dealkylation sites (tertiary alicyclic amines) is 1. The molecule has 0 saturated carbocycles. The van der Waals surface area contributed by atoms with Crippen LogP contribution in [-0.4, -0.2) is 46.0 Å². The first kappa shape index (κ1) is 23.1. The second-order valence-electron chi connectivity index (χ2n) is 7.85. The number of halogens is 2. The zero-order valence-electron chi connectivity index (χ0n) is 17.9. The molecule has 7 nitrogen and oxygen atoms in total. The summed E-state index contributed by atoms with van der Waals surface area (Å²) in [4.78, 5) is 31.7. The molecule has 0 spiro atoms. The lowest BCUT2D eigenvalue weighted by molar-refractivity contribution is -0.121. The number of ether oxygens (including phenoxy) is 1. The minimum atomic E-state index is -0.315. The van der Waals surface area contributed by atoms with Crippen molar-refractivity contribution in [2.75, 3.05) is 25.0 Å². The highest BCUT2D eigenvalue weighted by molar-refractivity contribution is 6.42. The molecule has 2 amide bonds. The van der Waals surface area contributed by atoms with E-state index in [1.807, 2.05) is 35.0 Å². The van der Waals surface area contributed by atoms with Gasteiger partial charge in [0.15, 0.2) is 0 Å². The highest BCUT2D eigenvalue weighted by Crippen LogP contribution is 2.27. The molecule has 1 aliphatic heterocycles. The van der Waals surface area contributed by atoms with Crippen LogP contribution in [0.3, 0.4) is 0 Å². The molecule has 2 heterocycles. The number of carbonyl (C=O) groups is 2. The van der Waals surface area contributed by atoms with Gasteiger partial charge in [-0.2, -0.15) is 0 Å². The van der Waals surface area contributed by atoms with Crippen molar-refractivity contribution >= 4 is 40.7 Å². The standard InChI is InChI=1S/C24H24Cl2N4O3/c25-19-8-7-17(14-20(19)26)24(32)30-10-3-4-18(15-30)23(31)28-21-5-1-2-6-22(21)33-13-12-29-11-9-27-16-29/h1-2,5-9,11,14,16,18H,3-4,10,12-13,15H2,(H,28,31). The zero-order chi connectivity index (χ0) is 23.2. The topological polar surface area (TPSA) is 76.5 Å². The summed E-state index contributed by atoms with van der Waals surface area (Å²) in [5.74, 6) is -0.00316. The molecular weight excluding hydrogens is 463 g/mol. The molecule has 1 unspecified atom stereocenters. The third kappa shape index (κ3) is 5.86. The number of anilines is 1. The van der Waals surface area contributed by atoms with Crippen molar-refractivity contribution in [3.8, 4) is 5.75 Å². The van der Waals surface area contributed by atoms with Crippen molar-refractivity contribution < 1.29 is 14.3 Å². The van der Waals surface area contributed by atoms with Gasteiger partial charge < -0.3 is 19.5 Å². The van der Waals surface area contributed by atoms with E-state index in [2.05, 4.69) is 10.3 Å². The van der Waals surface area contributed by atoms with Gasteiger partial charge in [0.25, 0.3) is 5.91 Å². The van der Waals surface area contributed by atoms with Crippen LogP contribution in [0.25, 0.3) is 0 Å². The first-order valence-corrected chi connectivity index (χ1v) is 11.5. The van der Waals surface area contributed by atoms with Crippen molar-refractivity contribution in [2.45, 2.75) is 19.4 Å². The Balaban J connectivity index is 1.37. The largest absolute Gasteiger partial charge is 0.490 e. The predicted octanol–water partition coefficient (Wildman–Crippen LogP) is 4.76. The molecule has 0 bridgehead atoms. The van der Waals surface area contributed by atoms with E-state index in [9.17, 15) is 9.59 Å². The molecule has 1 aromatic heterocycles. The van der Waals surface area contributed by atoms with Crippen LogP contribution >= 0.6 is 23.2 Å². The lowest BCUT2D eigenvalue weighted by Gasteiger charge is -2.32. The van der Waals surface area contributed by atoms with E-state index in [1.54, 1.807) is 35.6 Å². The van der Waals surface area contributed by atoms with Crippen molar-refractivity contribution in [1.29, 1.82) is 0 Å². The third-order valence-corrected chi connectivity index (χ3v) is 6.30. The monoisotopic (exact) mass is 486 g/mol. The van der Waals surface area contributed by atoms with Crippen molar-refractivity contribution in [3.63, 3.8) is 0 Å². The lowest BCUT2D eigenvalue weighted by Crippen LogP contribution is -2.43. The fraction of sp³-hybridized carbons (Fsp3) is 0.292. The van der Waals surface area contributed by atoms with E-state index in [4.69, 9.17) is 27.9 Å². The van der Waals surface area contributed by atoms with Crippen molar-refractivity contribution in [3.05, 3.63) is 76.8 Å². The summed E-state index contributed by atoms with van der Waals surface area (Å²) >= 11 is 12.0. The van der Waals surface area contributed by atoms with Crippen LogP contribution in [0.2, 0.25) is 10.0 Å². The Morgan fingerprint density at radius 1 is 1.15 bits per heavy atom. The Kier molecular flexibility index (Phi) is 7.52. The molecule has 33 heavy (non-hydrogen) atoms. The number of para-hydroxylation sites is 2. The highest BCUT2D eigenvalue weighted by atomic mass is 35.5. The van der Waals surface area contributed by atoms with Crippen LogP contribution in [-0.2, 0) is 11.3 Å². The van der Waals surface area contributed by atoms with Crippen LogP contribution in [0.1, 0.15) is 23.2 Å². The van der Waals surface area contributed by atoms with Gasteiger partial charge >= 0.3 is 0 Å². The molecule has 0 radical (unpaired) electrons. The molecule has 1 aliphatic rings. The average molecular weight is 487 g/mol. The molecule has 4 rings (SSSR count). The summed E-state index contributed by atoms with van der Waals surface area (Å²) in [5.41, 5.74) is 1.07. The first-order valence-electron chi connectivity index (χ1n) is 10.7. The van der Waals surface area contributed by atoms with Gasteiger partial charge in [-0.3, -0.25) is 9.59 Å². The normalized spacial score (nSPS) is 15.8. The van der Waals surface area contributed by atoms with Crippen LogP contribution in [0.15, 0.2) is 61.2 Å². The van der Waals surface area contributed by atoms with E-state index < -0.39 is 0 Å². The smallest absolute Gasteiger partial charge is 0.253 e. The number of carbonyl (C=O) groups excluding carboxylic acids is 2. The second kappa shape index (κ2) is 10.7. The molecule has 3 aromatic rings. The van der Waals surface area contributed by atoms with Gasteiger partial charge in [-0.25, -0.2) is 4.98 Å². The van der Waals surface area contributed by atoms with Crippen molar-refractivity contribution in [2.24, 2.45) is 5.92 Å². The molecule has 1 N–H and O–H groups in total. The third-order valence-electron chi connectivity index (χ3n) is 5.56. The maximum atomic E-state index is 13.0. The minimum Gasteiger partial charge on any atom is -0.490 e. The van der Waals surface area contributed by atoms with E-state index in [0.717, 1.165) is 6.42 Å². The first-order chi connectivity index (χ1) is 16.0. The summed E-state index contributed by atoms with van der Waals surface area (Å²) in [5, 5.41) is 3.71. The lowest BCUT2D eigenvalue weighted by atomic mass is 9.96. The van der Waals surface area contributed by atoms with Crippen LogP contribution < -0.4 is 10.1 Å². The number of imidazole rings is 1. The molecule has 172 valence electrons. The molecule has 9 heteroatoms. The van der Waals surface area contributed by atoms with Gasteiger partial charge in [-0.15, -0.1) is 0 Å². The number of amides is 2. The fourth-order valence-electron chi connectivity index (χ4n) is 3.80. The Bertz CT molecular complexity index is 1120. The maximum absolute atomic E-state index is 13.0. The Hall–Kier alpha value is -3.03. The molecule has 1 atom stereocenters. The SMILES string of the molecule is O=C(Nc1ccccc1OCCn1ccnc1)C1CCCN(C(=O)c2ccc(Cl)c(Cl)c2)C1. The number of nitrogens with one attached hydrogen (secondary N) is 1. The van der Waals surface area contributed by atoms with E-state index in [1.165, 1.54) is 0 Å². The Morgan fingerprint density at radius 2 is 2.00 bits per heavy atom. The van der Waals surface area contributed by atoms with E-state index in [0.29, 0.717) is 59.7 Å². The highest BCUT2D eigenvalue weighted by Gasteiger charge is 2.29. The summed E-state index contributed by atoms with van der Waals surface area (Å²) in [7, 11) is 0. The molecule has 1 fully saturated rings. The van der Waals surface area contributed by atoms with Crippen LogP contribution in [0, 0.1) is 5.92 Å². The molecule has 2 aromatic carbocycles. The van der Waals surface area contributed by atoms with Gasteiger partial charge in [0.1, 0.15) is 12.4 Å². The van der Waals surface area contributed by atoms with Crippen LogP contribution in [0.5, 0.6) is 5.75 Å². The number of hydrogen-bond donors (Lipinski definition) is 1. The predicted molar refractivity (Wildman–Crippen MR) is 128 cm³/mol. The van der Waals surface area contributed by atoms with Gasteiger partial charge in [-0.1, -0.05) is 35.3 Å². The molecule has 1 saturated heterocycles. The average Bonchev–Trinajstić information content (AvgIpc) is 3.35. The number of hydrogen-bond acceptors (Lipinski definition) is 4. The van der Waals surface area contributed by atoms with Gasteiger partial charge in [0.2, 0.25) is 5.91 Å². The zero-order valence-corrected chi connectivity index (χ0v) is 19.4. The number of aromatic nitrogens is 2. The van der Waals surface area contributed by atoms with Gasteiger partial charge in [0, 0.05) is 31.0 Å². The Labute approximate surface area is 202 Å². The summed E-state index contributed by atoms with van der Waals surface area (Å²) in [6.45, 7) is 2.03. The molecular formula is C24H24Cl2N4O3. The summed E-state index contributed by atoms with van der Waals surface area (Å²) in [6.07, 6.45) is 6.76. The van der Waals surface area contributed by atoms with E-state index in [-0.39, 0.29) is 17.7 Å². The number of piperidine rings is 1. The Morgan fingerprint density at radius 3 is 2.79 bits per heavy atom. The fourth-order valence-corrected chi connectivity index (χ4v) is 4.10. The summed E-state index contributed by atoms with van der Waals surface area (Å²) in [6, 6.07) is 12.2. The minimum absolute atomic E-state index is 0.132. The van der Waals surface area contributed by atoms with Crippen molar-refractivity contribution in [1.82, 2.24) is 14.5 Å². The number of nitrogens with zero attached hydrogens (tertiary/aromatic N) is 3. The molecule has 0 aliphatic carbocycles. The maximum Gasteiger partial charge on any atom is 0.253 e. The van der Waals surface area contributed by atoms with Gasteiger partial charge in [0.05, 0.1) is 34.5 Å². The van der Waals surface area contributed by atoms with E-state index >= 15 is 0 Å². The number of benzene rings is 2. The number of rotatable bonds is 7.